The standard InChI is InChI=1S/C33H45NO8/c1-33(2,3)32(37)41-22-10-8-6-5-7-9-21-39-27-16-14-26(15-17-27)31(36)42-28-18-12-25(24-29(28)38-4)13-19-30(35)40-23-11-20-34/h12-19,24,30-31,35-36H,5-11,21-23H2,1-4H3/b19-13+. The van der Waals surface area contributed by atoms with Crippen LogP contribution in [-0.4, -0.2) is 49.4 Å². The lowest BCUT2D eigenvalue weighted by molar-refractivity contribution is -0.153. The van der Waals surface area contributed by atoms with E-state index in [-0.39, 0.29) is 19.0 Å². The van der Waals surface area contributed by atoms with E-state index in [9.17, 15) is 15.0 Å². The van der Waals surface area contributed by atoms with E-state index >= 15 is 0 Å². The summed E-state index contributed by atoms with van der Waals surface area (Å²) < 4.78 is 27.4. The molecule has 0 aliphatic heterocycles. The molecular formula is C33H45NO8. The minimum Gasteiger partial charge on any atom is -0.494 e. The van der Waals surface area contributed by atoms with Crippen molar-refractivity contribution in [2.75, 3.05) is 26.9 Å². The molecule has 0 amide bonds. The minimum atomic E-state index is -1.21. The van der Waals surface area contributed by atoms with Gasteiger partial charge < -0.3 is 33.9 Å². The molecule has 2 rings (SSSR count). The molecule has 0 aliphatic rings. The summed E-state index contributed by atoms with van der Waals surface area (Å²) >= 11 is 0. The highest BCUT2D eigenvalue weighted by atomic mass is 16.6. The van der Waals surface area contributed by atoms with Crippen LogP contribution in [0.2, 0.25) is 0 Å². The maximum absolute atomic E-state index is 11.7. The maximum atomic E-state index is 11.7. The summed E-state index contributed by atoms with van der Waals surface area (Å²) in [6, 6.07) is 14.2. The molecule has 0 heterocycles. The number of aliphatic hydroxyl groups is 2. The van der Waals surface area contributed by atoms with Crippen LogP contribution in [0.4, 0.5) is 0 Å². The zero-order valence-corrected chi connectivity index (χ0v) is 25.2. The van der Waals surface area contributed by atoms with E-state index in [0.717, 1.165) is 49.8 Å². The van der Waals surface area contributed by atoms with Gasteiger partial charge in [0, 0.05) is 5.56 Å². The lowest BCUT2D eigenvalue weighted by atomic mass is 9.97. The van der Waals surface area contributed by atoms with Gasteiger partial charge in [-0.15, -0.1) is 0 Å². The zero-order valence-electron chi connectivity index (χ0n) is 25.2. The van der Waals surface area contributed by atoms with Crippen LogP contribution in [0, 0.1) is 16.7 Å². The molecule has 2 aromatic carbocycles. The number of esters is 1. The SMILES string of the molecule is COc1cc(/C=C/C(O)OCCC#N)ccc1OC(O)c1ccc(OCCCCCCCCOC(=O)C(C)(C)C)cc1. The number of nitriles is 1. The summed E-state index contributed by atoms with van der Waals surface area (Å²) in [5, 5.41) is 28.9. The number of hydrogen-bond acceptors (Lipinski definition) is 9. The monoisotopic (exact) mass is 583 g/mol. The maximum Gasteiger partial charge on any atom is 0.311 e. The van der Waals surface area contributed by atoms with Crippen molar-refractivity contribution in [3.05, 3.63) is 59.7 Å². The average molecular weight is 584 g/mol. The smallest absolute Gasteiger partial charge is 0.311 e. The highest BCUT2D eigenvalue weighted by Gasteiger charge is 2.22. The molecule has 0 aliphatic carbocycles. The number of methoxy groups -OCH3 is 1. The van der Waals surface area contributed by atoms with Crippen molar-refractivity contribution in [2.24, 2.45) is 5.41 Å². The lowest BCUT2D eigenvalue weighted by Gasteiger charge is -2.17. The predicted octanol–water partition coefficient (Wildman–Crippen LogP) is 6.34. The van der Waals surface area contributed by atoms with Crippen molar-refractivity contribution in [3.8, 4) is 23.3 Å². The molecule has 0 radical (unpaired) electrons. The minimum absolute atomic E-state index is 0.143. The second-order valence-electron chi connectivity index (χ2n) is 10.8. The van der Waals surface area contributed by atoms with Gasteiger partial charge in [-0.2, -0.15) is 5.26 Å². The Labute approximate surface area is 249 Å². The fourth-order valence-electron chi connectivity index (χ4n) is 3.76. The molecule has 230 valence electrons. The Morgan fingerprint density at radius 1 is 0.929 bits per heavy atom. The van der Waals surface area contributed by atoms with Crippen LogP contribution < -0.4 is 14.2 Å². The first-order chi connectivity index (χ1) is 20.1. The summed E-state index contributed by atoms with van der Waals surface area (Å²) in [7, 11) is 1.50. The van der Waals surface area contributed by atoms with Crippen LogP contribution >= 0.6 is 0 Å². The molecule has 2 atom stereocenters. The third-order valence-corrected chi connectivity index (χ3v) is 6.20. The van der Waals surface area contributed by atoms with Crippen LogP contribution in [0.25, 0.3) is 6.08 Å². The highest BCUT2D eigenvalue weighted by Crippen LogP contribution is 2.32. The number of carbonyl (C=O) groups excluding carboxylic acids is 1. The lowest BCUT2D eigenvalue weighted by Crippen LogP contribution is -2.23. The Bertz CT molecular complexity index is 1130. The largest absolute Gasteiger partial charge is 0.494 e. The van der Waals surface area contributed by atoms with Gasteiger partial charge in [-0.25, -0.2) is 0 Å². The van der Waals surface area contributed by atoms with Gasteiger partial charge in [0.1, 0.15) is 5.75 Å². The molecule has 0 aromatic heterocycles. The van der Waals surface area contributed by atoms with E-state index in [2.05, 4.69) is 0 Å². The van der Waals surface area contributed by atoms with Gasteiger partial charge in [-0.1, -0.05) is 37.8 Å². The summed E-state index contributed by atoms with van der Waals surface area (Å²) in [6.07, 6.45) is 7.16. The normalized spacial score (nSPS) is 12.9. The Balaban J connectivity index is 1.70. The molecule has 2 N–H and O–H groups in total. The second kappa shape index (κ2) is 18.8. The van der Waals surface area contributed by atoms with Crippen LogP contribution in [0.1, 0.15) is 83.1 Å². The molecule has 0 saturated carbocycles. The highest BCUT2D eigenvalue weighted by molar-refractivity contribution is 5.75. The molecule has 0 fully saturated rings. The van der Waals surface area contributed by atoms with Gasteiger partial charge in [0.15, 0.2) is 17.8 Å². The average Bonchev–Trinajstić information content (AvgIpc) is 2.97. The summed E-state index contributed by atoms with van der Waals surface area (Å²) in [6.45, 7) is 6.82. The number of ether oxygens (including phenoxy) is 5. The van der Waals surface area contributed by atoms with Gasteiger partial charge in [-0.3, -0.25) is 4.79 Å². The number of aliphatic hydroxyl groups excluding tert-OH is 2. The van der Waals surface area contributed by atoms with Crippen LogP contribution in [-0.2, 0) is 14.3 Å². The van der Waals surface area contributed by atoms with Crippen molar-refractivity contribution in [1.82, 2.24) is 0 Å². The third-order valence-electron chi connectivity index (χ3n) is 6.20. The van der Waals surface area contributed by atoms with Crippen molar-refractivity contribution in [3.63, 3.8) is 0 Å². The number of unbranched alkanes of at least 4 members (excludes halogenated alkanes) is 5. The topological polar surface area (TPSA) is 127 Å². The van der Waals surface area contributed by atoms with E-state index in [0.29, 0.717) is 30.3 Å². The fraction of sp³-hybridized carbons (Fsp3) is 0.515. The summed E-state index contributed by atoms with van der Waals surface area (Å²) in [4.78, 5) is 11.7. The van der Waals surface area contributed by atoms with Crippen molar-refractivity contribution in [2.45, 2.75) is 78.3 Å². The Hall–Kier alpha value is -3.58. The van der Waals surface area contributed by atoms with Crippen molar-refractivity contribution < 1.29 is 38.7 Å². The van der Waals surface area contributed by atoms with E-state index in [1.54, 1.807) is 48.5 Å². The number of benzene rings is 2. The fourth-order valence-corrected chi connectivity index (χ4v) is 3.76. The number of hydrogen-bond donors (Lipinski definition) is 2. The molecule has 0 spiro atoms. The van der Waals surface area contributed by atoms with Crippen LogP contribution in [0.5, 0.6) is 17.2 Å². The van der Waals surface area contributed by atoms with Crippen LogP contribution in [0.15, 0.2) is 48.5 Å². The number of carbonyl (C=O) groups is 1. The van der Waals surface area contributed by atoms with E-state index in [4.69, 9.17) is 28.9 Å². The molecule has 2 unspecified atom stereocenters. The molecule has 9 heteroatoms. The first-order valence-electron chi connectivity index (χ1n) is 14.4. The molecule has 42 heavy (non-hydrogen) atoms. The van der Waals surface area contributed by atoms with Gasteiger partial charge in [0.2, 0.25) is 6.29 Å². The van der Waals surface area contributed by atoms with Crippen LogP contribution in [0.3, 0.4) is 0 Å². The molecule has 0 saturated heterocycles. The predicted molar refractivity (Wildman–Crippen MR) is 160 cm³/mol. The Morgan fingerprint density at radius 2 is 1.60 bits per heavy atom. The van der Waals surface area contributed by atoms with Gasteiger partial charge in [0.25, 0.3) is 0 Å². The second-order valence-corrected chi connectivity index (χ2v) is 10.8. The number of rotatable bonds is 19. The van der Waals surface area contributed by atoms with Crippen molar-refractivity contribution >= 4 is 12.0 Å². The molecule has 2 aromatic rings. The summed E-state index contributed by atoms with van der Waals surface area (Å²) in [5.41, 5.74) is 0.856. The third kappa shape index (κ3) is 13.4. The number of nitrogens with zero attached hydrogens (tertiary/aromatic N) is 1. The first-order valence-corrected chi connectivity index (χ1v) is 14.4. The summed E-state index contributed by atoms with van der Waals surface area (Å²) in [5.74, 6) is 1.35. The zero-order chi connectivity index (χ0) is 30.8. The molecule has 0 bridgehead atoms. The van der Waals surface area contributed by atoms with E-state index in [1.807, 2.05) is 26.8 Å². The first kappa shape index (κ1) is 34.6. The van der Waals surface area contributed by atoms with E-state index < -0.39 is 18.0 Å². The molecule has 9 nitrogen and oxygen atoms in total. The van der Waals surface area contributed by atoms with Crippen molar-refractivity contribution in [1.29, 1.82) is 5.26 Å². The van der Waals surface area contributed by atoms with Gasteiger partial charge >= 0.3 is 5.97 Å². The van der Waals surface area contributed by atoms with Gasteiger partial charge in [-0.05, 0) is 81.7 Å². The van der Waals surface area contributed by atoms with E-state index in [1.165, 1.54) is 13.2 Å². The molecular weight excluding hydrogens is 538 g/mol. The Morgan fingerprint density at radius 3 is 2.24 bits per heavy atom. The quantitative estimate of drug-likeness (QED) is 0.111. The Kier molecular flexibility index (Phi) is 15.5. The van der Waals surface area contributed by atoms with Gasteiger partial charge in [0.05, 0.1) is 44.8 Å².